The van der Waals surface area contributed by atoms with Crippen LogP contribution in [0.5, 0.6) is 23.0 Å². The van der Waals surface area contributed by atoms with E-state index in [-0.39, 0.29) is 17.6 Å². The second kappa shape index (κ2) is 10.8. The van der Waals surface area contributed by atoms with Crippen LogP contribution in [0.4, 0.5) is 0 Å². The summed E-state index contributed by atoms with van der Waals surface area (Å²) in [7, 11) is 3.31. The molecule has 2 aliphatic rings. The van der Waals surface area contributed by atoms with Crippen molar-refractivity contribution in [1.82, 2.24) is 4.90 Å². The van der Waals surface area contributed by atoms with E-state index >= 15 is 0 Å². The minimum absolute atomic E-state index is 0.0977. The molecular weight excluding hydrogens is 458 g/mol. The van der Waals surface area contributed by atoms with Gasteiger partial charge in [-0.1, -0.05) is 24.3 Å². The fourth-order valence-corrected chi connectivity index (χ4v) is 6.17. The number of thioether (sulfide) groups is 1. The van der Waals surface area contributed by atoms with Gasteiger partial charge in [0.25, 0.3) is 0 Å². The van der Waals surface area contributed by atoms with E-state index in [2.05, 4.69) is 35.2 Å². The lowest BCUT2D eigenvalue weighted by Crippen LogP contribution is -2.25. The van der Waals surface area contributed by atoms with Gasteiger partial charge in [0.15, 0.2) is 11.5 Å². The van der Waals surface area contributed by atoms with E-state index in [0.717, 1.165) is 29.2 Å². The Kier molecular flexibility index (Phi) is 7.40. The fourth-order valence-electron chi connectivity index (χ4n) is 5.25. The molecule has 35 heavy (non-hydrogen) atoms. The van der Waals surface area contributed by atoms with Crippen LogP contribution in [0.25, 0.3) is 0 Å². The molecule has 184 valence electrons. The molecule has 1 N–H and O–H groups in total. The van der Waals surface area contributed by atoms with Crippen molar-refractivity contribution in [3.63, 3.8) is 0 Å². The Balaban J connectivity index is 1.42. The van der Waals surface area contributed by atoms with Crippen LogP contribution in [0.15, 0.2) is 65.6 Å². The van der Waals surface area contributed by atoms with Crippen LogP contribution in [0.1, 0.15) is 41.4 Å². The molecule has 0 aliphatic carbocycles. The maximum absolute atomic E-state index is 10.0. The van der Waals surface area contributed by atoms with Gasteiger partial charge in [-0.05, 0) is 67.4 Å². The molecule has 5 nitrogen and oxygen atoms in total. The monoisotopic (exact) mass is 491 g/mol. The van der Waals surface area contributed by atoms with Crippen molar-refractivity contribution in [2.75, 3.05) is 46.2 Å². The molecule has 6 heteroatoms. The first-order valence-corrected chi connectivity index (χ1v) is 13.3. The number of nitrogens with zero attached hydrogens (tertiary/aromatic N) is 1. The zero-order valence-corrected chi connectivity index (χ0v) is 21.2. The van der Waals surface area contributed by atoms with E-state index in [1.54, 1.807) is 26.4 Å². The summed E-state index contributed by atoms with van der Waals surface area (Å²) < 4.78 is 17.2. The Morgan fingerprint density at radius 3 is 2.40 bits per heavy atom. The number of phenolic OH excluding ortho intramolecular Hbond substituents is 1. The third-order valence-corrected chi connectivity index (χ3v) is 8.10. The first-order valence-electron chi connectivity index (χ1n) is 12.3. The maximum Gasteiger partial charge on any atom is 0.160 e. The third kappa shape index (κ3) is 5.24. The Labute approximate surface area is 212 Å². The Morgan fingerprint density at radius 2 is 1.66 bits per heavy atom. The number of ether oxygens (including phenoxy) is 3. The van der Waals surface area contributed by atoms with E-state index in [1.165, 1.54) is 36.4 Å². The van der Waals surface area contributed by atoms with Crippen LogP contribution in [0.2, 0.25) is 0 Å². The van der Waals surface area contributed by atoms with Gasteiger partial charge in [0, 0.05) is 40.7 Å². The Hall–Kier alpha value is -2.83. The minimum Gasteiger partial charge on any atom is -0.508 e. The van der Waals surface area contributed by atoms with Crippen molar-refractivity contribution in [3.05, 3.63) is 77.4 Å². The molecule has 1 saturated heterocycles. The standard InChI is InChI=1S/C29H33NO4S/c1-32-26-12-7-21(17-28(26)33-2)25-19-34-27-18-22(31)8-11-24(27)29(25)20-5-9-23(10-6-20)35-16-15-30-13-3-4-14-30/h5-12,17-18,25,29,31H,3-4,13-16,19H2,1-2H3/t25-,29-/m0/s1. The van der Waals surface area contributed by atoms with Gasteiger partial charge in [-0.15, -0.1) is 11.8 Å². The molecule has 5 rings (SSSR count). The van der Waals surface area contributed by atoms with Crippen LogP contribution in [-0.4, -0.2) is 56.2 Å². The molecule has 0 spiro atoms. The molecule has 3 aromatic rings. The summed E-state index contributed by atoms with van der Waals surface area (Å²) >= 11 is 1.93. The number of hydrogen-bond acceptors (Lipinski definition) is 6. The molecule has 3 aromatic carbocycles. The first-order chi connectivity index (χ1) is 17.2. The quantitative estimate of drug-likeness (QED) is 0.396. The predicted octanol–water partition coefficient (Wildman–Crippen LogP) is 5.91. The van der Waals surface area contributed by atoms with Gasteiger partial charge in [-0.2, -0.15) is 0 Å². The van der Waals surface area contributed by atoms with Gasteiger partial charge in [-0.25, -0.2) is 0 Å². The fraction of sp³-hybridized carbons (Fsp3) is 0.379. The van der Waals surface area contributed by atoms with Crippen LogP contribution in [-0.2, 0) is 0 Å². The second-order valence-electron chi connectivity index (χ2n) is 9.20. The van der Waals surface area contributed by atoms with Gasteiger partial charge < -0.3 is 24.2 Å². The van der Waals surface area contributed by atoms with Crippen molar-refractivity contribution in [1.29, 1.82) is 0 Å². The number of hydrogen-bond donors (Lipinski definition) is 1. The van der Waals surface area contributed by atoms with E-state index < -0.39 is 0 Å². The van der Waals surface area contributed by atoms with E-state index in [1.807, 2.05) is 30.0 Å². The molecule has 0 aromatic heterocycles. The highest BCUT2D eigenvalue weighted by molar-refractivity contribution is 7.99. The van der Waals surface area contributed by atoms with Crippen molar-refractivity contribution >= 4 is 11.8 Å². The normalized spacial score (nSPS) is 19.7. The second-order valence-corrected chi connectivity index (χ2v) is 10.4. The number of phenols is 1. The van der Waals surface area contributed by atoms with Gasteiger partial charge >= 0.3 is 0 Å². The molecule has 0 radical (unpaired) electrons. The number of benzene rings is 3. The molecule has 2 heterocycles. The number of fused-ring (bicyclic) bond motifs is 1. The van der Waals surface area contributed by atoms with E-state index in [9.17, 15) is 5.11 Å². The molecule has 0 amide bonds. The number of methoxy groups -OCH3 is 2. The summed E-state index contributed by atoms with van der Waals surface area (Å²) in [6.45, 7) is 4.17. The topological polar surface area (TPSA) is 51.2 Å². The van der Waals surface area contributed by atoms with Crippen molar-refractivity contribution in [2.24, 2.45) is 0 Å². The zero-order chi connectivity index (χ0) is 24.2. The number of aromatic hydroxyl groups is 1. The molecule has 0 unspecified atom stereocenters. The smallest absolute Gasteiger partial charge is 0.160 e. The maximum atomic E-state index is 10.0. The van der Waals surface area contributed by atoms with Crippen LogP contribution < -0.4 is 14.2 Å². The van der Waals surface area contributed by atoms with Gasteiger partial charge in [0.2, 0.25) is 0 Å². The third-order valence-electron chi connectivity index (χ3n) is 7.10. The average Bonchev–Trinajstić information content (AvgIpc) is 3.41. The minimum atomic E-state index is 0.0977. The molecule has 0 bridgehead atoms. The van der Waals surface area contributed by atoms with Crippen LogP contribution >= 0.6 is 11.8 Å². The summed E-state index contributed by atoms with van der Waals surface area (Å²) in [5.41, 5.74) is 3.46. The highest BCUT2D eigenvalue weighted by atomic mass is 32.2. The highest BCUT2D eigenvalue weighted by Gasteiger charge is 2.34. The van der Waals surface area contributed by atoms with Crippen molar-refractivity contribution in [2.45, 2.75) is 29.6 Å². The SMILES string of the molecule is COc1ccc([C@@H]2COc3cc(O)ccc3[C@@H]2c2ccc(SCCN3CCCC3)cc2)cc1OC. The summed E-state index contributed by atoms with van der Waals surface area (Å²) in [5.74, 6) is 3.71. The van der Waals surface area contributed by atoms with E-state index in [4.69, 9.17) is 14.2 Å². The van der Waals surface area contributed by atoms with Crippen molar-refractivity contribution in [3.8, 4) is 23.0 Å². The Bertz CT molecular complexity index is 1140. The summed E-state index contributed by atoms with van der Waals surface area (Å²) in [5, 5.41) is 10.0. The van der Waals surface area contributed by atoms with Gasteiger partial charge in [0.1, 0.15) is 11.5 Å². The summed E-state index contributed by atoms with van der Waals surface area (Å²) in [6, 6.07) is 20.5. The lowest BCUT2D eigenvalue weighted by Gasteiger charge is -2.35. The lowest BCUT2D eigenvalue weighted by molar-refractivity contribution is 0.247. The largest absolute Gasteiger partial charge is 0.508 e. The molecule has 2 atom stereocenters. The predicted molar refractivity (Wildman–Crippen MR) is 141 cm³/mol. The van der Waals surface area contributed by atoms with Crippen LogP contribution in [0.3, 0.4) is 0 Å². The number of rotatable bonds is 8. The summed E-state index contributed by atoms with van der Waals surface area (Å²) in [4.78, 5) is 3.86. The highest BCUT2D eigenvalue weighted by Crippen LogP contribution is 2.48. The molecular formula is C29H33NO4S. The zero-order valence-electron chi connectivity index (χ0n) is 20.4. The van der Waals surface area contributed by atoms with Gasteiger partial charge in [-0.3, -0.25) is 0 Å². The molecule has 1 fully saturated rings. The first kappa shape index (κ1) is 23.9. The average molecular weight is 492 g/mol. The van der Waals surface area contributed by atoms with Crippen LogP contribution in [0, 0.1) is 0 Å². The van der Waals surface area contributed by atoms with Gasteiger partial charge in [0.05, 0.1) is 20.8 Å². The van der Waals surface area contributed by atoms with Crippen molar-refractivity contribution < 1.29 is 19.3 Å². The molecule has 0 saturated carbocycles. The number of likely N-dealkylation sites (tertiary alicyclic amines) is 1. The van der Waals surface area contributed by atoms with E-state index in [0.29, 0.717) is 18.1 Å². The Morgan fingerprint density at radius 1 is 0.914 bits per heavy atom. The lowest BCUT2D eigenvalue weighted by atomic mass is 9.76. The summed E-state index contributed by atoms with van der Waals surface area (Å²) in [6.07, 6.45) is 2.68. The molecule has 2 aliphatic heterocycles.